The second-order valence-corrected chi connectivity index (χ2v) is 8.95. The number of unbranched alkanes of at least 4 members (excludes halogenated alkanes) is 1. The van der Waals surface area contributed by atoms with E-state index >= 15 is 0 Å². The van der Waals surface area contributed by atoms with Gasteiger partial charge in [-0.05, 0) is 54.6 Å². The SMILES string of the molecule is N[C@@H](CCCCNC(=O)CN(CCNC(=O)c1cc2c(cc1F)COB2O)C(=O)c1ccccc1F)C(=O)O. The van der Waals surface area contributed by atoms with Gasteiger partial charge in [0.25, 0.3) is 11.8 Å². The Balaban J connectivity index is 1.59. The summed E-state index contributed by atoms with van der Waals surface area (Å²) >= 11 is 0. The highest BCUT2D eigenvalue weighted by atomic mass is 19.1. The van der Waals surface area contributed by atoms with Gasteiger partial charge in [-0.25, -0.2) is 8.78 Å². The number of benzene rings is 2. The minimum absolute atomic E-state index is 0.0143. The molecule has 0 aliphatic carbocycles. The molecular formula is C25H29BF2N4O7. The third kappa shape index (κ3) is 8.05. The van der Waals surface area contributed by atoms with Crippen LogP contribution in [0.5, 0.6) is 0 Å². The molecule has 3 rings (SSSR count). The van der Waals surface area contributed by atoms with Crippen LogP contribution in [0.15, 0.2) is 36.4 Å². The molecule has 0 spiro atoms. The average molecular weight is 546 g/mol. The Bertz CT molecular complexity index is 1230. The first-order chi connectivity index (χ1) is 18.6. The lowest BCUT2D eigenvalue weighted by Gasteiger charge is -2.23. The van der Waals surface area contributed by atoms with Crippen LogP contribution < -0.4 is 21.8 Å². The van der Waals surface area contributed by atoms with Crippen LogP contribution in [-0.2, 0) is 20.9 Å². The van der Waals surface area contributed by atoms with Crippen molar-refractivity contribution >= 4 is 36.3 Å². The highest BCUT2D eigenvalue weighted by Crippen LogP contribution is 2.15. The summed E-state index contributed by atoms with van der Waals surface area (Å²) in [6, 6.07) is 6.54. The van der Waals surface area contributed by atoms with Crippen LogP contribution in [0.4, 0.5) is 8.78 Å². The van der Waals surface area contributed by atoms with E-state index in [1.807, 2.05) is 0 Å². The molecule has 39 heavy (non-hydrogen) atoms. The summed E-state index contributed by atoms with van der Waals surface area (Å²) in [5.41, 5.74) is 5.55. The van der Waals surface area contributed by atoms with Crippen molar-refractivity contribution in [2.75, 3.05) is 26.2 Å². The smallest absolute Gasteiger partial charge is 0.480 e. The molecule has 3 amide bonds. The summed E-state index contributed by atoms with van der Waals surface area (Å²) < 4.78 is 33.7. The van der Waals surface area contributed by atoms with E-state index in [4.69, 9.17) is 15.5 Å². The molecule has 0 saturated heterocycles. The van der Waals surface area contributed by atoms with Gasteiger partial charge in [0.2, 0.25) is 5.91 Å². The van der Waals surface area contributed by atoms with Crippen molar-refractivity contribution in [3.05, 3.63) is 64.7 Å². The molecule has 208 valence electrons. The molecule has 11 nitrogen and oxygen atoms in total. The number of rotatable bonds is 13. The lowest BCUT2D eigenvalue weighted by Crippen LogP contribution is -2.45. The number of carbonyl (C=O) groups is 4. The lowest BCUT2D eigenvalue weighted by atomic mass is 9.78. The van der Waals surface area contributed by atoms with Crippen molar-refractivity contribution in [2.24, 2.45) is 5.73 Å². The van der Waals surface area contributed by atoms with E-state index in [9.17, 15) is 33.0 Å². The third-order valence-electron chi connectivity index (χ3n) is 6.11. The Morgan fingerprint density at radius 3 is 2.51 bits per heavy atom. The normalized spacial score (nSPS) is 13.0. The Kier molecular flexibility index (Phi) is 10.5. The van der Waals surface area contributed by atoms with Crippen molar-refractivity contribution in [1.82, 2.24) is 15.5 Å². The van der Waals surface area contributed by atoms with Crippen molar-refractivity contribution in [2.45, 2.75) is 31.9 Å². The average Bonchev–Trinajstić information content (AvgIpc) is 3.26. The summed E-state index contributed by atoms with van der Waals surface area (Å²) in [6.07, 6.45) is 1.15. The fourth-order valence-corrected chi connectivity index (χ4v) is 3.95. The van der Waals surface area contributed by atoms with E-state index in [2.05, 4.69) is 10.6 Å². The van der Waals surface area contributed by atoms with Crippen LogP contribution in [0.1, 0.15) is 45.5 Å². The first-order valence-electron chi connectivity index (χ1n) is 12.3. The molecule has 1 atom stereocenters. The van der Waals surface area contributed by atoms with Gasteiger partial charge in [0.15, 0.2) is 0 Å². The van der Waals surface area contributed by atoms with Gasteiger partial charge in [-0.1, -0.05) is 12.1 Å². The van der Waals surface area contributed by atoms with E-state index in [1.165, 1.54) is 24.3 Å². The molecule has 2 aromatic rings. The maximum Gasteiger partial charge on any atom is 0.491 e. The van der Waals surface area contributed by atoms with Gasteiger partial charge in [-0.3, -0.25) is 19.2 Å². The molecule has 2 aromatic carbocycles. The van der Waals surface area contributed by atoms with Crippen molar-refractivity contribution < 1.29 is 42.7 Å². The van der Waals surface area contributed by atoms with Crippen molar-refractivity contribution in [1.29, 1.82) is 0 Å². The van der Waals surface area contributed by atoms with Crippen molar-refractivity contribution in [3.8, 4) is 0 Å². The van der Waals surface area contributed by atoms with E-state index < -0.39 is 55.0 Å². The van der Waals surface area contributed by atoms with E-state index in [0.29, 0.717) is 18.4 Å². The topological polar surface area (TPSA) is 171 Å². The van der Waals surface area contributed by atoms with Crippen LogP contribution in [0, 0.1) is 11.6 Å². The number of halogens is 2. The summed E-state index contributed by atoms with van der Waals surface area (Å²) in [4.78, 5) is 49.9. The van der Waals surface area contributed by atoms with Crippen LogP contribution in [0.25, 0.3) is 0 Å². The first-order valence-corrected chi connectivity index (χ1v) is 12.3. The second-order valence-electron chi connectivity index (χ2n) is 8.95. The minimum Gasteiger partial charge on any atom is -0.480 e. The Hall–Kier alpha value is -3.88. The van der Waals surface area contributed by atoms with Gasteiger partial charge in [0.05, 0.1) is 24.3 Å². The molecule has 0 unspecified atom stereocenters. The van der Waals surface area contributed by atoms with Gasteiger partial charge < -0.3 is 36.1 Å². The Morgan fingerprint density at radius 1 is 1.05 bits per heavy atom. The molecule has 0 saturated carbocycles. The molecule has 0 bridgehead atoms. The standard InChI is InChI=1S/C25H29BF2N4O7/c27-19-6-2-1-5-16(19)24(35)32(13-22(33)30-8-4-3-7-21(29)25(36)37)10-9-31-23(34)17-12-18-15(11-20(17)28)14-39-26(18)38/h1-2,5-6,11-12,21,38H,3-4,7-10,13-14,29H2,(H,30,33)(H,31,34)(H,36,37)/t21-/m0/s1. The van der Waals surface area contributed by atoms with Gasteiger partial charge in [0, 0.05) is 19.6 Å². The largest absolute Gasteiger partial charge is 0.491 e. The molecule has 0 fully saturated rings. The number of nitrogens with zero attached hydrogens (tertiary/aromatic N) is 1. The Labute approximate surface area is 223 Å². The summed E-state index contributed by atoms with van der Waals surface area (Å²) in [5.74, 6) is -4.85. The number of carboxylic acid groups (broad SMARTS) is 1. The molecule has 0 aromatic heterocycles. The molecular weight excluding hydrogens is 517 g/mol. The van der Waals surface area contributed by atoms with Gasteiger partial charge in [-0.2, -0.15) is 0 Å². The molecule has 1 aliphatic rings. The van der Waals surface area contributed by atoms with Gasteiger partial charge in [0.1, 0.15) is 17.7 Å². The summed E-state index contributed by atoms with van der Waals surface area (Å²) in [7, 11) is -1.27. The molecule has 14 heteroatoms. The van der Waals surface area contributed by atoms with Crippen molar-refractivity contribution in [3.63, 3.8) is 0 Å². The zero-order valence-corrected chi connectivity index (χ0v) is 21.0. The third-order valence-corrected chi connectivity index (χ3v) is 6.11. The first kappa shape index (κ1) is 29.7. The number of nitrogens with one attached hydrogen (secondary N) is 2. The highest BCUT2D eigenvalue weighted by Gasteiger charge is 2.30. The lowest BCUT2D eigenvalue weighted by molar-refractivity contribution is -0.138. The number of hydrogen-bond acceptors (Lipinski definition) is 7. The summed E-state index contributed by atoms with van der Waals surface area (Å²) in [6.45, 7) is -0.612. The number of carboxylic acids is 1. The maximum absolute atomic E-state index is 14.4. The number of carbonyl (C=O) groups excluding carboxylic acids is 3. The molecule has 1 aliphatic heterocycles. The van der Waals surface area contributed by atoms with E-state index in [1.54, 1.807) is 0 Å². The fraction of sp³-hybridized carbons (Fsp3) is 0.360. The van der Waals surface area contributed by atoms with Gasteiger partial charge in [-0.15, -0.1) is 0 Å². The zero-order chi connectivity index (χ0) is 28.5. The number of hydrogen-bond donors (Lipinski definition) is 5. The van der Waals surface area contributed by atoms with E-state index in [0.717, 1.165) is 17.0 Å². The highest BCUT2D eigenvalue weighted by molar-refractivity contribution is 6.61. The molecule has 1 heterocycles. The Morgan fingerprint density at radius 2 is 1.79 bits per heavy atom. The maximum atomic E-state index is 14.4. The minimum atomic E-state index is -1.27. The number of nitrogens with two attached hydrogens (primary N) is 1. The number of amides is 3. The summed E-state index contributed by atoms with van der Waals surface area (Å²) in [5, 5.41) is 23.7. The van der Waals surface area contributed by atoms with Crippen LogP contribution in [0.2, 0.25) is 0 Å². The predicted octanol–water partition coefficient (Wildman–Crippen LogP) is -0.247. The van der Waals surface area contributed by atoms with Gasteiger partial charge >= 0.3 is 13.1 Å². The van der Waals surface area contributed by atoms with Crippen LogP contribution >= 0.6 is 0 Å². The molecule has 6 N–H and O–H groups in total. The molecule has 0 radical (unpaired) electrons. The van der Waals surface area contributed by atoms with Crippen LogP contribution in [-0.4, -0.2) is 78.1 Å². The predicted molar refractivity (Wildman–Crippen MR) is 136 cm³/mol. The second kappa shape index (κ2) is 13.8. The quantitative estimate of drug-likeness (QED) is 0.169. The monoisotopic (exact) mass is 546 g/mol. The number of fused-ring (bicyclic) bond motifs is 1. The number of aliphatic carboxylic acids is 1. The van der Waals surface area contributed by atoms with Crippen LogP contribution in [0.3, 0.4) is 0 Å². The fourth-order valence-electron chi connectivity index (χ4n) is 3.95. The zero-order valence-electron chi connectivity index (χ0n) is 21.0. The van der Waals surface area contributed by atoms with E-state index in [-0.39, 0.29) is 49.3 Å².